The number of carbonyl (C=O) groups is 1. The van der Waals surface area contributed by atoms with E-state index in [0.717, 1.165) is 39.2 Å². The highest BCUT2D eigenvalue weighted by molar-refractivity contribution is 5.80. The van der Waals surface area contributed by atoms with E-state index < -0.39 is 0 Å². The molecule has 1 N–H and O–H groups in total. The third-order valence-electron chi connectivity index (χ3n) is 2.89. The molecule has 2 aliphatic rings. The number of nitrogens with one attached hydrogen (secondary N) is 1. The van der Waals surface area contributed by atoms with Gasteiger partial charge in [-0.2, -0.15) is 0 Å². The van der Waals surface area contributed by atoms with E-state index in [1.165, 1.54) is 0 Å². The van der Waals surface area contributed by atoms with Crippen LogP contribution in [0.2, 0.25) is 0 Å². The third-order valence-corrected chi connectivity index (χ3v) is 2.89. The van der Waals surface area contributed by atoms with E-state index in [0.29, 0.717) is 5.91 Å². The molecule has 1 atom stereocenters. The van der Waals surface area contributed by atoms with Gasteiger partial charge in [-0.1, -0.05) is 0 Å². The first-order chi connectivity index (χ1) is 6.77. The zero-order valence-electron chi connectivity index (χ0n) is 8.66. The number of rotatable bonds is 1. The van der Waals surface area contributed by atoms with Gasteiger partial charge in [0.2, 0.25) is 5.91 Å². The lowest BCUT2D eigenvalue weighted by molar-refractivity contribution is -0.137. The molecule has 4 nitrogen and oxygen atoms in total. The molecule has 0 bridgehead atoms. The third kappa shape index (κ3) is 2.07. The number of amides is 1. The second-order valence-electron chi connectivity index (χ2n) is 4.17. The van der Waals surface area contributed by atoms with E-state index >= 15 is 0 Å². The minimum atomic E-state index is 0.189. The van der Waals surface area contributed by atoms with Crippen molar-refractivity contribution < 1.29 is 9.53 Å². The molecule has 2 heterocycles. The van der Waals surface area contributed by atoms with Crippen LogP contribution in [0, 0.1) is 5.92 Å². The molecule has 4 heteroatoms. The average molecular weight is 198 g/mol. The predicted molar refractivity (Wildman–Crippen MR) is 53.0 cm³/mol. The molecular formula is C10H18N2O2. The summed E-state index contributed by atoms with van der Waals surface area (Å²) < 4.78 is 5.51. The Bertz CT molecular complexity index is 216. The van der Waals surface area contributed by atoms with Crippen LogP contribution in [0.3, 0.4) is 0 Å². The maximum Gasteiger partial charge on any atom is 0.228 e. The predicted octanol–water partition coefficient (Wildman–Crippen LogP) is -0.157. The van der Waals surface area contributed by atoms with Crippen molar-refractivity contribution in [2.45, 2.75) is 19.4 Å². The van der Waals surface area contributed by atoms with Crippen molar-refractivity contribution in [2.24, 2.45) is 5.92 Å². The maximum absolute atomic E-state index is 11.9. The molecule has 0 aromatic heterocycles. The normalized spacial score (nSPS) is 29.5. The molecule has 0 aromatic carbocycles. The molecule has 0 aromatic rings. The summed E-state index contributed by atoms with van der Waals surface area (Å²) in [4.78, 5) is 13.9. The van der Waals surface area contributed by atoms with Crippen molar-refractivity contribution in [3.8, 4) is 0 Å². The van der Waals surface area contributed by atoms with Gasteiger partial charge in [0, 0.05) is 32.8 Å². The van der Waals surface area contributed by atoms with Gasteiger partial charge in [0.15, 0.2) is 0 Å². The van der Waals surface area contributed by atoms with Crippen LogP contribution in [0.25, 0.3) is 0 Å². The molecule has 2 saturated heterocycles. The number of nitrogens with zero attached hydrogens (tertiary/aromatic N) is 1. The van der Waals surface area contributed by atoms with Gasteiger partial charge in [-0.3, -0.25) is 4.79 Å². The van der Waals surface area contributed by atoms with Gasteiger partial charge in [0.25, 0.3) is 0 Å². The van der Waals surface area contributed by atoms with Gasteiger partial charge in [-0.25, -0.2) is 0 Å². The quantitative estimate of drug-likeness (QED) is 0.637. The van der Waals surface area contributed by atoms with Crippen LogP contribution in [-0.2, 0) is 9.53 Å². The Balaban J connectivity index is 1.90. The van der Waals surface area contributed by atoms with Gasteiger partial charge in [0.05, 0.1) is 12.0 Å². The first-order valence-corrected chi connectivity index (χ1v) is 5.38. The number of carbonyl (C=O) groups excluding carboxylic acids is 1. The topological polar surface area (TPSA) is 41.6 Å². The lowest BCUT2D eigenvalue weighted by Crippen LogP contribution is -2.52. The number of hydrogen-bond acceptors (Lipinski definition) is 3. The van der Waals surface area contributed by atoms with Crippen LogP contribution >= 0.6 is 0 Å². The van der Waals surface area contributed by atoms with E-state index in [-0.39, 0.29) is 12.0 Å². The summed E-state index contributed by atoms with van der Waals surface area (Å²) >= 11 is 0. The second-order valence-corrected chi connectivity index (χ2v) is 4.17. The molecule has 0 aliphatic carbocycles. The van der Waals surface area contributed by atoms with Crippen LogP contribution in [-0.4, -0.2) is 49.7 Å². The van der Waals surface area contributed by atoms with Crippen LogP contribution in [0.15, 0.2) is 0 Å². The summed E-state index contributed by atoms with van der Waals surface area (Å²) in [6.45, 7) is 6.14. The minimum absolute atomic E-state index is 0.189. The highest BCUT2D eigenvalue weighted by atomic mass is 16.5. The standard InChI is InChI=1S/C10H18N2O2/c1-8-7-12(3-2-4-14-8)10(13)9-5-11-6-9/h8-9,11H,2-7H2,1H3. The minimum Gasteiger partial charge on any atom is -0.377 e. The molecule has 0 saturated carbocycles. The maximum atomic E-state index is 11.9. The smallest absolute Gasteiger partial charge is 0.228 e. The molecule has 2 aliphatic heterocycles. The summed E-state index contributed by atoms with van der Waals surface area (Å²) in [5, 5.41) is 3.13. The van der Waals surface area contributed by atoms with Crippen LogP contribution in [0.5, 0.6) is 0 Å². The Labute approximate surface area is 84.6 Å². The zero-order valence-corrected chi connectivity index (χ0v) is 8.66. The summed E-state index contributed by atoms with van der Waals surface area (Å²) in [6.07, 6.45) is 1.16. The fraction of sp³-hybridized carbons (Fsp3) is 0.900. The highest BCUT2D eigenvalue weighted by Gasteiger charge is 2.30. The van der Waals surface area contributed by atoms with Gasteiger partial charge >= 0.3 is 0 Å². The van der Waals surface area contributed by atoms with Crippen molar-refractivity contribution in [3.05, 3.63) is 0 Å². The number of hydrogen-bond donors (Lipinski definition) is 1. The van der Waals surface area contributed by atoms with Gasteiger partial charge in [0.1, 0.15) is 0 Å². The SMILES string of the molecule is CC1CN(C(=O)C2CNC2)CCCO1. The highest BCUT2D eigenvalue weighted by Crippen LogP contribution is 2.12. The Hall–Kier alpha value is -0.610. The van der Waals surface area contributed by atoms with Gasteiger partial charge in [-0.15, -0.1) is 0 Å². The molecule has 2 fully saturated rings. The molecule has 0 spiro atoms. The summed E-state index contributed by atoms with van der Waals surface area (Å²) in [5.41, 5.74) is 0. The van der Waals surface area contributed by atoms with E-state index in [1.807, 2.05) is 11.8 Å². The fourth-order valence-corrected chi connectivity index (χ4v) is 1.92. The van der Waals surface area contributed by atoms with Crippen LogP contribution in [0.1, 0.15) is 13.3 Å². The summed E-state index contributed by atoms with van der Waals surface area (Å²) in [7, 11) is 0. The Morgan fingerprint density at radius 1 is 1.50 bits per heavy atom. The number of ether oxygens (including phenoxy) is 1. The molecular weight excluding hydrogens is 180 g/mol. The van der Waals surface area contributed by atoms with Gasteiger partial charge < -0.3 is 15.0 Å². The lowest BCUT2D eigenvalue weighted by atomic mass is 10.0. The first-order valence-electron chi connectivity index (χ1n) is 5.38. The van der Waals surface area contributed by atoms with Gasteiger partial charge in [-0.05, 0) is 13.3 Å². The van der Waals surface area contributed by atoms with E-state index in [4.69, 9.17) is 4.74 Å². The van der Waals surface area contributed by atoms with Crippen LogP contribution < -0.4 is 5.32 Å². The summed E-state index contributed by atoms with van der Waals surface area (Å²) in [5.74, 6) is 0.529. The average Bonchev–Trinajstić information content (AvgIpc) is 2.26. The Morgan fingerprint density at radius 3 is 2.93 bits per heavy atom. The fourth-order valence-electron chi connectivity index (χ4n) is 1.92. The largest absolute Gasteiger partial charge is 0.377 e. The molecule has 0 radical (unpaired) electrons. The molecule has 1 unspecified atom stereocenters. The van der Waals surface area contributed by atoms with E-state index in [2.05, 4.69) is 5.32 Å². The summed E-state index contributed by atoms with van der Waals surface area (Å²) in [6, 6.07) is 0. The van der Waals surface area contributed by atoms with Crippen molar-refractivity contribution in [1.82, 2.24) is 10.2 Å². The first kappa shape index (κ1) is 9.93. The Morgan fingerprint density at radius 2 is 2.29 bits per heavy atom. The molecule has 80 valence electrons. The van der Waals surface area contributed by atoms with Crippen molar-refractivity contribution >= 4 is 5.91 Å². The van der Waals surface area contributed by atoms with E-state index in [1.54, 1.807) is 0 Å². The lowest BCUT2D eigenvalue weighted by Gasteiger charge is -2.32. The molecule has 2 rings (SSSR count). The Kier molecular flexibility index (Phi) is 3.03. The van der Waals surface area contributed by atoms with Crippen molar-refractivity contribution in [2.75, 3.05) is 32.8 Å². The van der Waals surface area contributed by atoms with Crippen LogP contribution in [0.4, 0.5) is 0 Å². The molecule has 14 heavy (non-hydrogen) atoms. The van der Waals surface area contributed by atoms with E-state index in [9.17, 15) is 4.79 Å². The zero-order chi connectivity index (χ0) is 9.97. The monoisotopic (exact) mass is 198 g/mol. The second kappa shape index (κ2) is 4.28. The van der Waals surface area contributed by atoms with Crippen molar-refractivity contribution in [3.63, 3.8) is 0 Å². The molecule has 1 amide bonds. The van der Waals surface area contributed by atoms with Crippen molar-refractivity contribution in [1.29, 1.82) is 0 Å².